The largest absolute Gasteiger partial charge is 0.325 e. The number of benzene rings is 2. The number of carbonyl (C=O) groups excluding carboxylic acids is 1. The van der Waals surface area contributed by atoms with Crippen molar-refractivity contribution >= 4 is 44.8 Å². The minimum absolute atomic E-state index is 0.124. The zero-order valence-electron chi connectivity index (χ0n) is 13.2. The van der Waals surface area contributed by atoms with Gasteiger partial charge in [-0.3, -0.25) is 4.79 Å². The molecule has 1 saturated heterocycles. The zero-order chi connectivity index (χ0) is 18.0. The van der Waals surface area contributed by atoms with Gasteiger partial charge in [-0.2, -0.15) is 4.31 Å². The molecule has 25 heavy (non-hydrogen) atoms. The fourth-order valence-electron chi connectivity index (χ4n) is 2.82. The smallest absolute Gasteiger partial charge is 0.243 e. The number of halogens is 2. The van der Waals surface area contributed by atoms with Crippen LogP contribution in [0.1, 0.15) is 12.8 Å². The second-order valence-electron chi connectivity index (χ2n) is 5.73. The molecule has 8 heteroatoms. The molecule has 1 atom stereocenters. The van der Waals surface area contributed by atoms with E-state index in [0.29, 0.717) is 35.1 Å². The van der Waals surface area contributed by atoms with Gasteiger partial charge < -0.3 is 5.32 Å². The van der Waals surface area contributed by atoms with Crippen molar-refractivity contribution in [2.45, 2.75) is 23.8 Å². The summed E-state index contributed by atoms with van der Waals surface area (Å²) in [5.41, 5.74) is 0.535. The standard InChI is InChI=1S/C17H16Cl2N2O3S/c18-12-6-8-15(9-7-12)25(23,24)21-10-2-5-16(21)17(22)20-14-4-1-3-13(19)11-14/h1,3-4,6-9,11,16H,2,5,10H2,(H,20,22)/t16-/m0/s1. The Morgan fingerprint density at radius 1 is 1.08 bits per heavy atom. The number of carbonyl (C=O) groups is 1. The first-order valence-corrected chi connectivity index (χ1v) is 9.91. The van der Waals surface area contributed by atoms with Crippen LogP contribution >= 0.6 is 23.2 Å². The number of nitrogens with zero attached hydrogens (tertiary/aromatic N) is 1. The number of hydrogen-bond acceptors (Lipinski definition) is 3. The number of amides is 1. The molecule has 5 nitrogen and oxygen atoms in total. The van der Waals surface area contributed by atoms with Crippen LogP contribution in [0, 0.1) is 0 Å². The van der Waals surface area contributed by atoms with E-state index in [0.717, 1.165) is 0 Å². The Bertz CT molecular complexity index is 885. The van der Waals surface area contributed by atoms with E-state index in [-0.39, 0.29) is 10.8 Å². The topological polar surface area (TPSA) is 66.5 Å². The molecule has 2 aromatic carbocycles. The summed E-state index contributed by atoms with van der Waals surface area (Å²) in [6, 6.07) is 11.9. The summed E-state index contributed by atoms with van der Waals surface area (Å²) in [5, 5.41) is 3.69. The lowest BCUT2D eigenvalue weighted by Gasteiger charge is -2.23. The van der Waals surface area contributed by atoms with Crippen LogP contribution in [0.25, 0.3) is 0 Å². The average Bonchev–Trinajstić information content (AvgIpc) is 3.06. The Morgan fingerprint density at radius 3 is 2.48 bits per heavy atom. The number of nitrogens with one attached hydrogen (secondary N) is 1. The molecule has 0 aliphatic carbocycles. The fourth-order valence-corrected chi connectivity index (χ4v) is 4.80. The normalized spacial score (nSPS) is 18.2. The molecular formula is C17H16Cl2N2O3S. The Morgan fingerprint density at radius 2 is 1.80 bits per heavy atom. The minimum atomic E-state index is -3.76. The number of hydrogen-bond donors (Lipinski definition) is 1. The molecule has 0 radical (unpaired) electrons. The molecule has 0 bridgehead atoms. The second kappa shape index (κ2) is 7.33. The fraction of sp³-hybridized carbons (Fsp3) is 0.235. The van der Waals surface area contributed by atoms with Gasteiger partial charge in [0.05, 0.1) is 4.90 Å². The third-order valence-electron chi connectivity index (χ3n) is 4.02. The first kappa shape index (κ1) is 18.2. The molecule has 0 aromatic heterocycles. The predicted molar refractivity (Wildman–Crippen MR) is 98.4 cm³/mol. The van der Waals surface area contributed by atoms with Crippen LogP contribution in [-0.2, 0) is 14.8 Å². The van der Waals surface area contributed by atoms with Gasteiger partial charge in [0.25, 0.3) is 0 Å². The van der Waals surface area contributed by atoms with Gasteiger partial charge in [-0.1, -0.05) is 29.3 Å². The van der Waals surface area contributed by atoms with Crippen LogP contribution in [0.5, 0.6) is 0 Å². The van der Waals surface area contributed by atoms with E-state index in [4.69, 9.17) is 23.2 Å². The third kappa shape index (κ3) is 3.98. The highest BCUT2D eigenvalue weighted by atomic mass is 35.5. The summed E-state index contributed by atoms with van der Waals surface area (Å²) in [7, 11) is -3.76. The quantitative estimate of drug-likeness (QED) is 0.851. The molecule has 1 heterocycles. The molecule has 1 amide bonds. The Balaban J connectivity index is 1.82. The molecule has 1 N–H and O–H groups in total. The molecule has 3 rings (SSSR count). The third-order valence-corrected chi connectivity index (χ3v) is 6.43. The Labute approximate surface area is 156 Å². The average molecular weight is 399 g/mol. The summed E-state index contributed by atoms with van der Waals surface area (Å²) in [6.45, 7) is 0.304. The zero-order valence-corrected chi connectivity index (χ0v) is 15.5. The van der Waals surface area contributed by atoms with Crippen molar-refractivity contribution in [1.29, 1.82) is 0 Å². The maximum atomic E-state index is 12.8. The van der Waals surface area contributed by atoms with Crippen molar-refractivity contribution < 1.29 is 13.2 Å². The molecule has 1 aliphatic rings. The second-order valence-corrected chi connectivity index (χ2v) is 8.49. The van der Waals surface area contributed by atoms with Gasteiger partial charge in [0.1, 0.15) is 6.04 Å². The van der Waals surface area contributed by atoms with Crippen molar-refractivity contribution in [2.75, 3.05) is 11.9 Å². The maximum Gasteiger partial charge on any atom is 0.243 e. The summed E-state index contributed by atoms with van der Waals surface area (Å²) >= 11 is 11.7. The molecule has 1 aliphatic heterocycles. The van der Waals surface area contributed by atoms with Crippen LogP contribution in [0.4, 0.5) is 5.69 Å². The molecule has 2 aromatic rings. The van der Waals surface area contributed by atoms with Gasteiger partial charge in [0.15, 0.2) is 0 Å². The van der Waals surface area contributed by atoms with Crippen molar-refractivity contribution in [3.8, 4) is 0 Å². The summed E-state index contributed by atoms with van der Waals surface area (Å²) in [4.78, 5) is 12.7. The van der Waals surface area contributed by atoms with Crippen molar-refractivity contribution in [3.63, 3.8) is 0 Å². The monoisotopic (exact) mass is 398 g/mol. The number of sulfonamides is 1. The minimum Gasteiger partial charge on any atom is -0.325 e. The molecule has 0 spiro atoms. The van der Waals surface area contributed by atoms with Gasteiger partial charge in [0, 0.05) is 22.3 Å². The van der Waals surface area contributed by atoms with E-state index in [1.807, 2.05) is 0 Å². The number of rotatable bonds is 4. The van der Waals surface area contributed by atoms with Crippen LogP contribution in [0.3, 0.4) is 0 Å². The van der Waals surface area contributed by atoms with Crippen LogP contribution < -0.4 is 5.32 Å². The summed E-state index contributed by atoms with van der Waals surface area (Å²) in [6.07, 6.45) is 1.10. The van der Waals surface area contributed by atoms with Gasteiger partial charge in [0.2, 0.25) is 15.9 Å². The van der Waals surface area contributed by atoms with E-state index in [2.05, 4.69) is 5.32 Å². The predicted octanol–water partition coefficient (Wildman–Crippen LogP) is 3.79. The summed E-state index contributed by atoms with van der Waals surface area (Å²) in [5.74, 6) is -0.364. The molecule has 1 fully saturated rings. The number of anilines is 1. The highest BCUT2D eigenvalue weighted by molar-refractivity contribution is 7.89. The lowest BCUT2D eigenvalue weighted by molar-refractivity contribution is -0.119. The van der Waals surface area contributed by atoms with Crippen molar-refractivity contribution in [3.05, 3.63) is 58.6 Å². The van der Waals surface area contributed by atoms with Gasteiger partial charge >= 0.3 is 0 Å². The van der Waals surface area contributed by atoms with Crippen LogP contribution in [0.15, 0.2) is 53.4 Å². The molecule has 132 valence electrons. The van der Waals surface area contributed by atoms with Crippen LogP contribution in [-0.4, -0.2) is 31.2 Å². The van der Waals surface area contributed by atoms with E-state index < -0.39 is 16.1 Å². The highest BCUT2D eigenvalue weighted by Crippen LogP contribution is 2.28. The lowest BCUT2D eigenvalue weighted by atomic mass is 10.2. The Kier molecular flexibility index (Phi) is 5.34. The van der Waals surface area contributed by atoms with Crippen molar-refractivity contribution in [1.82, 2.24) is 4.31 Å². The Hall–Kier alpha value is -1.60. The first-order valence-electron chi connectivity index (χ1n) is 7.72. The van der Waals surface area contributed by atoms with E-state index in [1.54, 1.807) is 24.3 Å². The van der Waals surface area contributed by atoms with E-state index in [9.17, 15) is 13.2 Å². The van der Waals surface area contributed by atoms with E-state index >= 15 is 0 Å². The van der Waals surface area contributed by atoms with Gasteiger partial charge in [-0.25, -0.2) is 8.42 Å². The summed E-state index contributed by atoms with van der Waals surface area (Å²) < 4.78 is 26.9. The SMILES string of the molecule is O=C(Nc1cccc(Cl)c1)[C@@H]1CCCN1S(=O)(=O)c1ccc(Cl)cc1. The lowest BCUT2D eigenvalue weighted by Crippen LogP contribution is -2.43. The van der Waals surface area contributed by atoms with Crippen molar-refractivity contribution in [2.24, 2.45) is 0 Å². The molecule has 0 unspecified atom stereocenters. The van der Waals surface area contributed by atoms with Crippen LogP contribution in [0.2, 0.25) is 10.0 Å². The van der Waals surface area contributed by atoms with Gasteiger partial charge in [-0.05, 0) is 55.3 Å². The maximum absolute atomic E-state index is 12.8. The molecule has 0 saturated carbocycles. The highest BCUT2D eigenvalue weighted by Gasteiger charge is 2.39. The van der Waals surface area contributed by atoms with E-state index in [1.165, 1.54) is 28.6 Å². The molecular weight excluding hydrogens is 383 g/mol. The van der Waals surface area contributed by atoms with Gasteiger partial charge in [-0.15, -0.1) is 0 Å². The first-order chi connectivity index (χ1) is 11.9.